The lowest BCUT2D eigenvalue weighted by atomic mass is 10.1. The first-order valence-electron chi connectivity index (χ1n) is 4.71. The number of hydrogen-bond acceptors (Lipinski definition) is 3. The van der Waals surface area contributed by atoms with E-state index in [1.807, 2.05) is 24.3 Å². The summed E-state index contributed by atoms with van der Waals surface area (Å²) >= 11 is 0. The molecular weight excluding hydrogens is 194 g/mol. The lowest BCUT2D eigenvalue weighted by molar-refractivity contribution is -0.117. The predicted molar refractivity (Wildman–Crippen MR) is 56.7 cm³/mol. The highest BCUT2D eigenvalue weighted by atomic mass is 16.5. The van der Waals surface area contributed by atoms with Crippen molar-refractivity contribution in [3.8, 4) is 5.75 Å². The molecular formula is C11H15NO3. The van der Waals surface area contributed by atoms with Gasteiger partial charge in [0.05, 0.1) is 13.0 Å². The summed E-state index contributed by atoms with van der Waals surface area (Å²) in [6.45, 7) is 1.08. The summed E-state index contributed by atoms with van der Waals surface area (Å²) in [5.41, 5.74) is 5.96. The quantitative estimate of drug-likeness (QED) is 0.703. The van der Waals surface area contributed by atoms with Gasteiger partial charge in [0, 0.05) is 7.11 Å². The Hall–Kier alpha value is -1.55. The summed E-state index contributed by atoms with van der Waals surface area (Å²) in [7, 11) is 1.62. The Morgan fingerprint density at radius 1 is 1.27 bits per heavy atom. The number of carbonyl (C=O) groups is 1. The number of hydrogen-bond donors (Lipinski definition) is 1. The highest BCUT2D eigenvalue weighted by Crippen LogP contribution is 2.12. The molecule has 0 aliphatic rings. The van der Waals surface area contributed by atoms with Crippen molar-refractivity contribution in [2.45, 2.75) is 6.42 Å². The van der Waals surface area contributed by atoms with E-state index in [0.717, 1.165) is 11.3 Å². The minimum Gasteiger partial charge on any atom is -0.491 e. The molecule has 1 aromatic rings. The Labute approximate surface area is 89.0 Å². The van der Waals surface area contributed by atoms with E-state index in [2.05, 4.69) is 0 Å². The summed E-state index contributed by atoms with van der Waals surface area (Å²) in [5, 5.41) is 0. The maximum absolute atomic E-state index is 10.6. The largest absolute Gasteiger partial charge is 0.491 e. The molecule has 0 saturated heterocycles. The SMILES string of the molecule is COCCOc1ccc(CC(N)=O)cc1. The van der Waals surface area contributed by atoms with Crippen molar-refractivity contribution < 1.29 is 14.3 Å². The van der Waals surface area contributed by atoms with E-state index in [0.29, 0.717) is 13.2 Å². The van der Waals surface area contributed by atoms with Gasteiger partial charge in [0.2, 0.25) is 5.91 Å². The molecule has 2 N–H and O–H groups in total. The van der Waals surface area contributed by atoms with Crippen LogP contribution in [0.3, 0.4) is 0 Å². The van der Waals surface area contributed by atoms with Gasteiger partial charge >= 0.3 is 0 Å². The van der Waals surface area contributed by atoms with Crippen molar-refractivity contribution in [2.24, 2.45) is 5.73 Å². The summed E-state index contributed by atoms with van der Waals surface area (Å²) in [6.07, 6.45) is 0.262. The molecule has 4 nitrogen and oxygen atoms in total. The number of carbonyl (C=O) groups excluding carboxylic acids is 1. The van der Waals surface area contributed by atoms with E-state index in [1.54, 1.807) is 7.11 Å². The lowest BCUT2D eigenvalue weighted by Gasteiger charge is -2.05. The topological polar surface area (TPSA) is 61.6 Å². The molecule has 1 rings (SSSR count). The highest BCUT2D eigenvalue weighted by molar-refractivity contribution is 5.76. The van der Waals surface area contributed by atoms with Gasteiger partial charge in [-0.15, -0.1) is 0 Å². The third-order valence-electron chi connectivity index (χ3n) is 1.86. The Balaban J connectivity index is 2.45. The van der Waals surface area contributed by atoms with Gasteiger partial charge < -0.3 is 15.2 Å². The van der Waals surface area contributed by atoms with Gasteiger partial charge in [-0.25, -0.2) is 0 Å². The summed E-state index contributed by atoms with van der Waals surface area (Å²) in [5.74, 6) is 0.434. The second-order valence-electron chi connectivity index (χ2n) is 3.13. The van der Waals surface area contributed by atoms with Crippen LogP contribution in [-0.4, -0.2) is 26.2 Å². The van der Waals surface area contributed by atoms with Gasteiger partial charge in [0.15, 0.2) is 0 Å². The molecule has 0 aromatic heterocycles. The number of benzene rings is 1. The first-order valence-corrected chi connectivity index (χ1v) is 4.71. The molecule has 4 heteroatoms. The van der Waals surface area contributed by atoms with Gasteiger partial charge in [-0.1, -0.05) is 12.1 Å². The summed E-state index contributed by atoms with van der Waals surface area (Å²) in [6, 6.07) is 7.28. The Kier molecular flexibility index (Phi) is 4.63. The Morgan fingerprint density at radius 3 is 2.47 bits per heavy atom. The first kappa shape index (κ1) is 11.5. The normalized spacial score (nSPS) is 9.93. The maximum Gasteiger partial charge on any atom is 0.221 e. The molecule has 0 saturated carbocycles. The monoisotopic (exact) mass is 209 g/mol. The average molecular weight is 209 g/mol. The molecule has 0 aliphatic carbocycles. The van der Waals surface area contributed by atoms with Crippen molar-refractivity contribution in [2.75, 3.05) is 20.3 Å². The molecule has 0 fully saturated rings. The van der Waals surface area contributed by atoms with Crippen LogP contribution in [0, 0.1) is 0 Å². The van der Waals surface area contributed by atoms with Gasteiger partial charge in [-0.2, -0.15) is 0 Å². The van der Waals surface area contributed by atoms with Crippen molar-refractivity contribution >= 4 is 5.91 Å². The Morgan fingerprint density at radius 2 is 1.93 bits per heavy atom. The van der Waals surface area contributed by atoms with E-state index in [9.17, 15) is 4.79 Å². The predicted octanol–water partition coefficient (Wildman–Crippen LogP) is 0.740. The molecule has 0 spiro atoms. The van der Waals surface area contributed by atoms with Crippen LogP contribution < -0.4 is 10.5 Å². The van der Waals surface area contributed by atoms with Crippen LogP contribution in [-0.2, 0) is 16.0 Å². The van der Waals surface area contributed by atoms with Crippen LogP contribution in [0.25, 0.3) is 0 Å². The Bertz CT molecular complexity index is 308. The fraction of sp³-hybridized carbons (Fsp3) is 0.364. The van der Waals surface area contributed by atoms with Crippen LogP contribution in [0.2, 0.25) is 0 Å². The zero-order valence-electron chi connectivity index (χ0n) is 8.73. The van der Waals surface area contributed by atoms with Crippen LogP contribution in [0.1, 0.15) is 5.56 Å². The fourth-order valence-corrected chi connectivity index (χ4v) is 1.15. The molecule has 1 amide bonds. The second kappa shape index (κ2) is 6.03. The minimum atomic E-state index is -0.331. The number of primary amides is 1. The fourth-order valence-electron chi connectivity index (χ4n) is 1.15. The molecule has 0 atom stereocenters. The minimum absolute atomic E-state index is 0.262. The van der Waals surface area contributed by atoms with E-state index in [-0.39, 0.29) is 12.3 Å². The third-order valence-corrected chi connectivity index (χ3v) is 1.86. The molecule has 82 valence electrons. The van der Waals surface area contributed by atoms with Gasteiger partial charge in [-0.05, 0) is 17.7 Å². The summed E-state index contributed by atoms with van der Waals surface area (Å²) in [4.78, 5) is 10.6. The van der Waals surface area contributed by atoms with Crippen molar-refractivity contribution in [1.29, 1.82) is 0 Å². The van der Waals surface area contributed by atoms with E-state index < -0.39 is 0 Å². The van der Waals surface area contributed by atoms with Crippen LogP contribution in [0.4, 0.5) is 0 Å². The molecule has 0 unspecified atom stereocenters. The zero-order valence-corrected chi connectivity index (χ0v) is 8.73. The zero-order chi connectivity index (χ0) is 11.1. The van der Waals surface area contributed by atoms with E-state index in [1.165, 1.54) is 0 Å². The molecule has 1 aromatic carbocycles. The van der Waals surface area contributed by atoms with Gasteiger partial charge in [0.1, 0.15) is 12.4 Å². The van der Waals surface area contributed by atoms with Crippen molar-refractivity contribution in [1.82, 2.24) is 0 Å². The molecule has 0 bridgehead atoms. The molecule has 15 heavy (non-hydrogen) atoms. The van der Waals surface area contributed by atoms with Crippen LogP contribution in [0.5, 0.6) is 5.75 Å². The summed E-state index contributed by atoms with van der Waals surface area (Å²) < 4.78 is 10.2. The highest BCUT2D eigenvalue weighted by Gasteiger charge is 1.98. The second-order valence-corrected chi connectivity index (χ2v) is 3.13. The van der Waals surface area contributed by atoms with Crippen LogP contribution in [0.15, 0.2) is 24.3 Å². The third kappa shape index (κ3) is 4.46. The molecule has 0 heterocycles. The maximum atomic E-state index is 10.6. The number of ether oxygens (including phenoxy) is 2. The smallest absolute Gasteiger partial charge is 0.221 e. The van der Waals surface area contributed by atoms with E-state index >= 15 is 0 Å². The number of rotatable bonds is 6. The van der Waals surface area contributed by atoms with Gasteiger partial charge in [0.25, 0.3) is 0 Å². The van der Waals surface area contributed by atoms with E-state index in [4.69, 9.17) is 15.2 Å². The van der Waals surface area contributed by atoms with Crippen LogP contribution >= 0.6 is 0 Å². The van der Waals surface area contributed by atoms with Crippen molar-refractivity contribution in [3.05, 3.63) is 29.8 Å². The lowest BCUT2D eigenvalue weighted by Crippen LogP contribution is -2.13. The number of methoxy groups -OCH3 is 1. The average Bonchev–Trinajstić information content (AvgIpc) is 2.20. The molecule has 0 aliphatic heterocycles. The van der Waals surface area contributed by atoms with Crippen molar-refractivity contribution in [3.63, 3.8) is 0 Å². The van der Waals surface area contributed by atoms with Gasteiger partial charge in [-0.3, -0.25) is 4.79 Å². The molecule has 0 radical (unpaired) electrons. The number of nitrogens with two attached hydrogens (primary N) is 1. The number of amides is 1. The first-order chi connectivity index (χ1) is 7.22. The standard InChI is InChI=1S/C11H15NO3/c1-14-6-7-15-10-4-2-9(3-5-10)8-11(12)13/h2-5H,6-8H2,1H3,(H2,12,13).